The zero-order valence-electron chi connectivity index (χ0n) is 9.97. The van der Waals surface area contributed by atoms with Crippen LogP contribution in [0.4, 0.5) is 5.95 Å². The van der Waals surface area contributed by atoms with Crippen LogP contribution in [-0.2, 0) is 6.54 Å². The van der Waals surface area contributed by atoms with E-state index in [9.17, 15) is 0 Å². The van der Waals surface area contributed by atoms with E-state index in [2.05, 4.69) is 9.97 Å². The highest BCUT2D eigenvalue weighted by atomic mass is 35.5. The van der Waals surface area contributed by atoms with Gasteiger partial charge in [-0.25, -0.2) is 4.98 Å². The van der Waals surface area contributed by atoms with Crippen molar-refractivity contribution in [3.8, 4) is 0 Å². The van der Waals surface area contributed by atoms with Gasteiger partial charge in [0.15, 0.2) is 0 Å². The van der Waals surface area contributed by atoms with Crippen LogP contribution in [0.25, 0.3) is 11.0 Å². The van der Waals surface area contributed by atoms with Crippen molar-refractivity contribution in [2.45, 2.75) is 19.4 Å². The fraction of sp³-hybridized carbons (Fsp3) is 0.500. The van der Waals surface area contributed by atoms with Crippen LogP contribution in [-0.4, -0.2) is 26.0 Å². The van der Waals surface area contributed by atoms with Crippen molar-refractivity contribution < 1.29 is 0 Å². The van der Waals surface area contributed by atoms with E-state index in [1.54, 1.807) is 12.4 Å². The lowest BCUT2D eigenvalue weighted by Crippen LogP contribution is -2.17. The minimum absolute atomic E-state index is 0.540. The molecule has 1 aliphatic heterocycles. The van der Waals surface area contributed by atoms with E-state index in [1.807, 2.05) is 16.3 Å². The number of nitrogens with two attached hydrogens (primary N) is 1. The number of nitrogen functional groups attached to an aromatic ring is 1. The third kappa shape index (κ3) is 2.17. The van der Waals surface area contributed by atoms with Crippen LogP contribution in [0.2, 0.25) is 5.02 Å². The summed E-state index contributed by atoms with van der Waals surface area (Å²) < 4.78 is 2.04. The molecule has 0 saturated carbocycles. The van der Waals surface area contributed by atoms with Gasteiger partial charge in [-0.2, -0.15) is 11.8 Å². The number of imidazole rings is 1. The van der Waals surface area contributed by atoms with Crippen molar-refractivity contribution in [3.05, 3.63) is 17.4 Å². The van der Waals surface area contributed by atoms with Crippen LogP contribution in [0, 0.1) is 5.92 Å². The van der Waals surface area contributed by atoms with Crippen LogP contribution < -0.4 is 5.73 Å². The van der Waals surface area contributed by atoms with Crippen LogP contribution in [0.1, 0.15) is 12.8 Å². The molecule has 18 heavy (non-hydrogen) atoms. The molecule has 0 atom stereocenters. The molecule has 2 aromatic heterocycles. The molecule has 0 bridgehead atoms. The number of halogens is 1. The monoisotopic (exact) mass is 282 g/mol. The molecule has 96 valence electrons. The largest absolute Gasteiger partial charge is 0.369 e. The number of rotatable bonds is 2. The first kappa shape index (κ1) is 12.1. The van der Waals surface area contributed by atoms with Crippen LogP contribution >= 0.6 is 23.4 Å². The summed E-state index contributed by atoms with van der Waals surface area (Å²) >= 11 is 8.24. The molecule has 1 aliphatic rings. The molecule has 0 spiro atoms. The van der Waals surface area contributed by atoms with Crippen molar-refractivity contribution in [2.24, 2.45) is 5.92 Å². The van der Waals surface area contributed by atoms with Gasteiger partial charge in [-0.15, -0.1) is 0 Å². The Balaban J connectivity index is 1.97. The summed E-state index contributed by atoms with van der Waals surface area (Å²) in [7, 11) is 0. The quantitative estimate of drug-likeness (QED) is 0.920. The third-order valence-electron chi connectivity index (χ3n) is 3.42. The second-order valence-electron chi connectivity index (χ2n) is 4.63. The molecule has 0 radical (unpaired) electrons. The third-order valence-corrected chi connectivity index (χ3v) is 4.74. The van der Waals surface area contributed by atoms with E-state index in [0.29, 0.717) is 16.9 Å². The summed E-state index contributed by atoms with van der Waals surface area (Å²) in [5.41, 5.74) is 7.70. The standard InChI is InChI=1S/C12H15ClN4S/c13-9-5-15-6-10-11(9)17(12(14)16-10)7-8-1-3-18-4-2-8/h5-6,8H,1-4,7H2,(H2,14,16). The highest BCUT2D eigenvalue weighted by molar-refractivity contribution is 7.99. The molecular weight excluding hydrogens is 268 g/mol. The van der Waals surface area contributed by atoms with E-state index in [-0.39, 0.29) is 0 Å². The summed E-state index contributed by atoms with van der Waals surface area (Å²) in [5, 5.41) is 0.627. The first-order valence-corrected chi connectivity index (χ1v) is 7.62. The molecule has 2 aromatic rings. The average Bonchev–Trinajstić information content (AvgIpc) is 2.69. The Kier molecular flexibility index (Phi) is 3.35. The van der Waals surface area contributed by atoms with Gasteiger partial charge in [-0.05, 0) is 30.3 Å². The molecule has 1 saturated heterocycles. The first-order chi connectivity index (χ1) is 8.75. The fourth-order valence-corrected chi connectivity index (χ4v) is 3.90. The van der Waals surface area contributed by atoms with Gasteiger partial charge in [0.1, 0.15) is 5.52 Å². The fourth-order valence-electron chi connectivity index (χ4n) is 2.44. The van der Waals surface area contributed by atoms with Crippen molar-refractivity contribution in [1.29, 1.82) is 0 Å². The van der Waals surface area contributed by atoms with E-state index in [4.69, 9.17) is 17.3 Å². The number of thioether (sulfide) groups is 1. The molecule has 0 aliphatic carbocycles. The van der Waals surface area contributed by atoms with E-state index >= 15 is 0 Å². The van der Waals surface area contributed by atoms with Crippen LogP contribution in [0.3, 0.4) is 0 Å². The van der Waals surface area contributed by atoms with Gasteiger partial charge in [-0.3, -0.25) is 4.98 Å². The zero-order valence-corrected chi connectivity index (χ0v) is 11.5. The van der Waals surface area contributed by atoms with E-state index < -0.39 is 0 Å². The lowest BCUT2D eigenvalue weighted by atomic mass is 10.0. The Labute approximate surface area is 115 Å². The van der Waals surface area contributed by atoms with Crippen LogP contribution in [0.15, 0.2) is 12.4 Å². The van der Waals surface area contributed by atoms with E-state index in [1.165, 1.54) is 24.3 Å². The smallest absolute Gasteiger partial charge is 0.201 e. The molecule has 0 aromatic carbocycles. The van der Waals surface area contributed by atoms with Crippen molar-refractivity contribution >= 4 is 40.3 Å². The molecule has 6 heteroatoms. The summed E-state index contributed by atoms with van der Waals surface area (Å²) in [6.45, 7) is 0.909. The summed E-state index contributed by atoms with van der Waals surface area (Å²) in [6.07, 6.45) is 5.85. The van der Waals surface area contributed by atoms with Gasteiger partial charge in [0, 0.05) is 12.7 Å². The first-order valence-electron chi connectivity index (χ1n) is 6.08. The molecule has 3 heterocycles. The van der Waals surface area contributed by atoms with Crippen LogP contribution in [0.5, 0.6) is 0 Å². The molecule has 0 unspecified atom stereocenters. The zero-order chi connectivity index (χ0) is 12.5. The molecule has 1 fully saturated rings. The second kappa shape index (κ2) is 4.97. The normalized spacial score (nSPS) is 17.4. The number of aromatic nitrogens is 3. The topological polar surface area (TPSA) is 56.7 Å². The minimum atomic E-state index is 0.540. The number of anilines is 1. The maximum Gasteiger partial charge on any atom is 0.201 e. The lowest BCUT2D eigenvalue weighted by Gasteiger charge is -2.22. The predicted octanol–water partition coefficient (Wildman–Crippen LogP) is 2.81. The number of hydrogen-bond donors (Lipinski definition) is 1. The summed E-state index contributed by atoms with van der Waals surface area (Å²) in [6, 6.07) is 0. The maximum absolute atomic E-state index is 6.21. The van der Waals surface area contributed by atoms with E-state index in [0.717, 1.165) is 17.6 Å². The molecule has 0 amide bonds. The molecule has 3 rings (SSSR count). The number of hydrogen-bond acceptors (Lipinski definition) is 4. The Morgan fingerprint density at radius 1 is 1.39 bits per heavy atom. The van der Waals surface area contributed by atoms with Gasteiger partial charge in [0.05, 0.1) is 16.7 Å². The van der Waals surface area contributed by atoms with Crippen molar-refractivity contribution in [1.82, 2.24) is 14.5 Å². The van der Waals surface area contributed by atoms with Gasteiger partial charge < -0.3 is 10.3 Å². The number of pyridine rings is 1. The summed E-state index contributed by atoms with van der Waals surface area (Å²) in [4.78, 5) is 8.38. The predicted molar refractivity (Wildman–Crippen MR) is 77.0 cm³/mol. The lowest BCUT2D eigenvalue weighted by molar-refractivity contribution is 0.425. The summed E-state index contributed by atoms with van der Waals surface area (Å²) in [5.74, 6) is 3.70. The Hall–Kier alpha value is -0.940. The minimum Gasteiger partial charge on any atom is -0.369 e. The molecular formula is C12H15ClN4S. The van der Waals surface area contributed by atoms with Crippen molar-refractivity contribution in [2.75, 3.05) is 17.2 Å². The molecule has 4 nitrogen and oxygen atoms in total. The maximum atomic E-state index is 6.21. The second-order valence-corrected chi connectivity index (χ2v) is 6.26. The highest BCUT2D eigenvalue weighted by Gasteiger charge is 2.18. The molecule has 2 N–H and O–H groups in total. The van der Waals surface area contributed by atoms with Gasteiger partial charge in [0.2, 0.25) is 5.95 Å². The highest BCUT2D eigenvalue weighted by Crippen LogP contribution is 2.29. The van der Waals surface area contributed by atoms with Gasteiger partial charge in [-0.1, -0.05) is 11.6 Å². The van der Waals surface area contributed by atoms with Gasteiger partial charge >= 0.3 is 0 Å². The Morgan fingerprint density at radius 2 is 2.17 bits per heavy atom. The Morgan fingerprint density at radius 3 is 2.94 bits per heavy atom. The number of fused-ring (bicyclic) bond motifs is 1. The number of nitrogens with zero attached hydrogens (tertiary/aromatic N) is 3. The Bertz CT molecular complexity index is 562. The SMILES string of the molecule is Nc1nc2cncc(Cl)c2n1CC1CCSCC1. The van der Waals surface area contributed by atoms with Crippen molar-refractivity contribution in [3.63, 3.8) is 0 Å². The average molecular weight is 283 g/mol. The van der Waals surface area contributed by atoms with Gasteiger partial charge in [0.25, 0.3) is 0 Å².